The van der Waals surface area contributed by atoms with Crippen molar-refractivity contribution in [1.82, 2.24) is 4.90 Å². The molecule has 1 heterocycles. The lowest BCUT2D eigenvalue weighted by Crippen LogP contribution is -2.25. The van der Waals surface area contributed by atoms with Crippen LogP contribution in [0.2, 0.25) is 5.02 Å². The number of non-ortho nitro benzene ring substituents is 1. The number of hydrogen-bond acceptors (Lipinski definition) is 4. The Bertz CT molecular complexity index is 434. The van der Waals surface area contributed by atoms with Crippen molar-refractivity contribution in [3.05, 3.63) is 38.9 Å². The zero-order chi connectivity index (χ0) is 13.0. The van der Waals surface area contributed by atoms with Crippen molar-refractivity contribution in [3.63, 3.8) is 0 Å². The molecular formula is C12H15ClN2O2S. The van der Waals surface area contributed by atoms with Gasteiger partial charge in [-0.2, -0.15) is 11.8 Å². The van der Waals surface area contributed by atoms with E-state index in [1.165, 1.54) is 11.8 Å². The first-order valence-corrected chi connectivity index (χ1v) is 7.43. The Labute approximate surface area is 115 Å². The van der Waals surface area contributed by atoms with Gasteiger partial charge in [0.15, 0.2) is 0 Å². The summed E-state index contributed by atoms with van der Waals surface area (Å²) in [6.07, 6.45) is 1.16. The van der Waals surface area contributed by atoms with Crippen LogP contribution in [0, 0.1) is 10.1 Å². The number of nitro benzene ring substituents is 1. The first-order chi connectivity index (χ1) is 8.66. The molecule has 98 valence electrons. The largest absolute Gasteiger partial charge is 0.298 e. The molecule has 0 unspecified atom stereocenters. The highest BCUT2D eigenvalue weighted by atomic mass is 35.5. The number of hydrogen-bond donors (Lipinski definition) is 0. The first kappa shape index (κ1) is 13.6. The van der Waals surface area contributed by atoms with Crippen molar-refractivity contribution < 1.29 is 4.92 Å². The van der Waals surface area contributed by atoms with E-state index in [2.05, 4.69) is 4.90 Å². The molecule has 1 aliphatic heterocycles. The molecule has 0 aliphatic carbocycles. The number of thioether (sulfide) groups is 1. The minimum Gasteiger partial charge on any atom is -0.298 e. The monoisotopic (exact) mass is 286 g/mol. The standard InChI is InChI=1S/C12H15ClN2O2S/c13-12-3-2-11(15(16)17)8-10(12)9-14-4-1-6-18-7-5-14/h2-3,8H,1,4-7,9H2. The van der Waals surface area contributed by atoms with Crippen LogP contribution in [0.25, 0.3) is 0 Å². The minimum absolute atomic E-state index is 0.110. The van der Waals surface area contributed by atoms with Gasteiger partial charge in [0.25, 0.3) is 5.69 Å². The van der Waals surface area contributed by atoms with Crippen molar-refractivity contribution >= 4 is 29.1 Å². The number of halogens is 1. The van der Waals surface area contributed by atoms with Gasteiger partial charge in [-0.3, -0.25) is 15.0 Å². The van der Waals surface area contributed by atoms with Crippen LogP contribution in [0.1, 0.15) is 12.0 Å². The average Bonchev–Trinajstić information content (AvgIpc) is 2.60. The van der Waals surface area contributed by atoms with Crippen LogP contribution in [0.4, 0.5) is 5.69 Å². The van der Waals surface area contributed by atoms with Crippen LogP contribution in [0.15, 0.2) is 18.2 Å². The predicted octanol–water partition coefficient (Wildman–Crippen LogP) is 3.19. The summed E-state index contributed by atoms with van der Waals surface area (Å²) >= 11 is 8.07. The maximum absolute atomic E-state index is 10.8. The predicted molar refractivity (Wildman–Crippen MR) is 75.3 cm³/mol. The summed E-state index contributed by atoms with van der Waals surface area (Å²) in [5.74, 6) is 2.31. The van der Waals surface area contributed by atoms with Crippen molar-refractivity contribution in [2.45, 2.75) is 13.0 Å². The third kappa shape index (κ3) is 3.60. The van der Waals surface area contributed by atoms with Gasteiger partial charge in [-0.1, -0.05) is 11.6 Å². The van der Waals surface area contributed by atoms with E-state index in [4.69, 9.17) is 11.6 Å². The summed E-state index contributed by atoms with van der Waals surface area (Å²) in [5, 5.41) is 11.4. The number of rotatable bonds is 3. The maximum atomic E-state index is 10.8. The Morgan fingerprint density at radius 2 is 2.22 bits per heavy atom. The van der Waals surface area contributed by atoms with Gasteiger partial charge in [0.1, 0.15) is 0 Å². The van der Waals surface area contributed by atoms with Crippen molar-refractivity contribution in [1.29, 1.82) is 0 Å². The molecule has 0 N–H and O–H groups in total. The molecule has 0 saturated carbocycles. The van der Waals surface area contributed by atoms with E-state index in [1.54, 1.807) is 12.1 Å². The van der Waals surface area contributed by atoms with Crippen molar-refractivity contribution in [2.75, 3.05) is 24.6 Å². The first-order valence-electron chi connectivity index (χ1n) is 5.90. The van der Waals surface area contributed by atoms with E-state index in [1.807, 2.05) is 11.8 Å². The van der Waals surface area contributed by atoms with E-state index >= 15 is 0 Å². The van der Waals surface area contributed by atoms with Crippen LogP contribution in [0.3, 0.4) is 0 Å². The Morgan fingerprint density at radius 1 is 1.39 bits per heavy atom. The van der Waals surface area contributed by atoms with Crippen molar-refractivity contribution in [2.24, 2.45) is 0 Å². The second-order valence-corrected chi connectivity index (χ2v) is 5.91. The molecule has 0 bridgehead atoms. The summed E-state index contributed by atoms with van der Waals surface area (Å²) in [6.45, 7) is 2.75. The minimum atomic E-state index is -0.377. The lowest BCUT2D eigenvalue weighted by molar-refractivity contribution is -0.384. The summed E-state index contributed by atoms with van der Waals surface area (Å²) in [5.41, 5.74) is 0.955. The molecule has 0 radical (unpaired) electrons. The van der Waals surface area contributed by atoms with Gasteiger partial charge >= 0.3 is 0 Å². The highest BCUT2D eigenvalue weighted by Gasteiger charge is 2.14. The molecular weight excluding hydrogens is 272 g/mol. The molecule has 0 aromatic heterocycles. The zero-order valence-electron chi connectivity index (χ0n) is 9.97. The van der Waals surface area contributed by atoms with Crippen LogP contribution < -0.4 is 0 Å². The van der Waals surface area contributed by atoms with Gasteiger partial charge in [0.05, 0.1) is 4.92 Å². The normalized spacial score (nSPS) is 17.4. The van der Waals surface area contributed by atoms with Gasteiger partial charge in [-0.15, -0.1) is 0 Å². The molecule has 18 heavy (non-hydrogen) atoms. The molecule has 1 fully saturated rings. The molecule has 0 atom stereocenters. The SMILES string of the molecule is O=[N+]([O-])c1ccc(Cl)c(CN2CCCSCC2)c1. The van der Waals surface area contributed by atoms with Crippen LogP contribution in [-0.4, -0.2) is 34.4 Å². The van der Waals surface area contributed by atoms with Gasteiger partial charge < -0.3 is 0 Å². The average molecular weight is 287 g/mol. The molecule has 6 heteroatoms. The van der Waals surface area contributed by atoms with Gasteiger partial charge in [0, 0.05) is 36.0 Å². The third-order valence-electron chi connectivity index (χ3n) is 2.95. The fourth-order valence-electron chi connectivity index (χ4n) is 1.99. The van der Waals surface area contributed by atoms with Gasteiger partial charge in [0.2, 0.25) is 0 Å². The molecule has 0 amide bonds. The third-order valence-corrected chi connectivity index (χ3v) is 4.37. The lowest BCUT2D eigenvalue weighted by atomic mass is 10.2. The Hall–Kier alpha value is -0.780. The van der Waals surface area contributed by atoms with E-state index < -0.39 is 0 Å². The van der Waals surface area contributed by atoms with E-state index in [9.17, 15) is 10.1 Å². The van der Waals surface area contributed by atoms with Gasteiger partial charge in [-0.25, -0.2) is 0 Å². The van der Waals surface area contributed by atoms with Crippen LogP contribution in [-0.2, 0) is 6.54 Å². The number of benzene rings is 1. The van der Waals surface area contributed by atoms with Crippen molar-refractivity contribution in [3.8, 4) is 0 Å². The molecule has 1 aromatic rings. The van der Waals surface area contributed by atoms with E-state index in [0.29, 0.717) is 11.6 Å². The highest BCUT2D eigenvalue weighted by molar-refractivity contribution is 7.99. The Morgan fingerprint density at radius 3 is 3.00 bits per heavy atom. The van der Waals surface area contributed by atoms with E-state index in [0.717, 1.165) is 30.8 Å². The fraction of sp³-hybridized carbons (Fsp3) is 0.500. The molecule has 2 rings (SSSR count). The summed E-state index contributed by atoms with van der Waals surface area (Å²) in [6, 6.07) is 4.64. The molecule has 0 spiro atoms. The molecule has 1 saturated heterocycles. The van der Waals surface area contributed by atoms with Crippen LogP contribution >= 0.6 is 23.4 Å². The summed E-state index contributed by atoms with van der Waals surface area (Å²) in [4.78, 5) is 12.7. The Balaban J connectivity index is 2.11. The number of nitro groups is 1. The van der Waals surface area contributed by atoms with Crippen LogP contribution in [0.5, 0.6) is 0 Å². The summed E-state index contributed by atoms with van der Waals surface area (Å²) in [7, 11) is 0. The molecule has 4 nitrogen and oxygen atoms in total. The number of nitrogens with zero attached hydrogens (tertiary/aromatic N) is 2. The topological polar surface area (TPSA) is 46.4 Å². The molecule has 1 aromatic carbocycles. The quantitative estimate of drug-likeness (QED) is 0.632. The van der Waals surface area contributed by atoms with E-state index in [-0.39, 0.29) is 10.6 Å². The maximum Gasteiger partial charge on any atom is 0.269 e. The smallest absolute Gasteiger partial charge is 0.269 e. The molecule has 1 aliphatic rings. The van der Waals surface area contributed by atoms with Gasteiger partial charge in [-0.05, 0) is 30.3 Å². The second kappa shape index (κ2) is 6.41. The second-order valence-electron chi connectivity index (χ2n) is 4.27. The lowest BCUT2D eigenvalue weighted by Gasteiger charge is -2.19. The Kier molecular flexibility index (Phi) is 4.86. The highest BCUT2D eigenvalue weighted by Crippen LogP contribution is 2.24. The zero-order valence-corrected chi connectivity index (χ0v) is 11.5. The fourth-order valence-corrected chi connectivity index (χ4v) is 3.09. The summed E-state index contributed by atoms with van der Waals surface area (Å²) < 4.78 is 0.